The lowest BCUT2D eigenvalue weighted by molar-refractivity contribution is 0.316. The van der Waals surface area contributed by atoms with E-state index in [0.29, 0.717) is 25.0 Å². The van der Waals surface area contributed by atoms with E-state index in [1.54, 1.807) is 12.1 Å². The number of oxime groups is 1. The third-order valence-electron chi connectivity index (χ3n) is 4.04. The van der Waals surface area contributed by atoms with Crippen LogP contribution in [-0.4, -0.2) is 20.9 Å². The average molecular weight is 300 g/mol. The normalized spacial score (nSPS) is 19.2. The number of aromatic nitrogens is 2. The lowest BCUT2D eigenvalue weighted by Gasteiger charge is -2.26. The fourth-order valence-electron chi connectivity index (χ4n) is 3.02. The molecular weight excluding hydrogens is 283 g/mol. The quantitative estimate of drug-likeness (QED) is 0.659. The zero-order chi connectivity index (χ0) is 15.7. The fraction of sp³-hybridized carbons (Fsp3) is 0.312. The van der Waals surface area contributed by atoms with Gasteiger partial charge in [0.2, 0.25) is 5.95 Å². The Balaban J connectivity index is 2.05. The maximum absolute atomic E-state index is 13.1. The zero-order valence-electron chi connectivity index (χ0n) is 12.3. The predicted octanol–water partition coefficient (Wildman–Crippen LogP) is 2.67. The summed E-state index contributed by atoms with van der Waals surface area (Å²) < 4.78 is 13.1. The van der Waals surface area contributed by atoms with Crippen molar-refractivity contribution in [2.75, 3.05) is 5.73 Å². The van der Waals surface area contributed by atoms with Crippen LogP contribution >= 0.6 is 0 Å². The molecule has 1 aliphatic carbocycles. The van der Waals surface area contributed by atoms with Gasteiger partial charge in [-0.05, 0) is 36.5 Å². The van der Waals surface area contributed by atoms with Gasteiger partial charge in [-0.25, -0.2) is 14.4 Å². The maximum Gasteiger partial charge on any atom is 0.220 e. The minimum atomic E-state index is -0.268. The van der Waals surface area contributed by atoms with Crippen LogP contribution in [0.1, 0.15) is 41.8 Å². The molecule has 1 aromatic heterocycles. The monoisotopic (exact) mass is 300 g/mol. The summed E-state index contributed by atoms with van der Waals surface area (Å²) in [5.74, 6) is 0.0431. The second-order valence-corrected chi connectivity index (χ2v) is 5.41. The Bertz CT molecular complexity index is 728. The zero-order valence-corrected chi connectivity index (χ0v) is 12.3. The summed E-state index contributed by atoms with van der Waals surface area (Å²) in [6, 6.07) is 6.38. The minimum absolute atomic E-state index is 0.0815. The highest BCUT2D eigenvalue weighted by Crippen LogP contribution is 2.33. The van der Waals surface area contributed by atoms with E-state index in [2.05, 4.69) is 15.1 Å². The van der Waals surface area contributed by atoms with E-state index in [0.717, 1.165) is 22.5 Å². The highest BCUT2D eigenvalue weighted by molar-refractivity contribution is 6.03. The number of halogens is 1. The van der Waals surface area contributed by atoms with Crippen LogP contribution in [0.25, 0.3) is 0 Å². The first-order valence-electron chi connectivity index (χ1n) is 7.24. The molecule has 0 aliphatic heterocycles. The van der Waals surface area contributed by atoms with Crippen molar-refractivity contribution in [3.8, 4) is 0 Å². The Morgan fingerprint density at radius 3 is 2.64 bits per heavy atom. The SMILES string of the molecule is CCc1nc(N)nc2c1/C(=N/O)CC(c1ccc(F)cc1)C2. The Kier molecular flexibility index (Phi) is 3.75. The fourth-order valence-corrected chi connectivity index (χ4v) is 3.02. The van der Waals surface area contributed by atoms with Crippen molar-refractivity contribution in [2.24, 2.45) is 5.16 Å². The molecule has 5 nitrogen and oxygen atoms in total. The molecule has 1 aromatic carbocycles. The summed E-state index contributed by atoms with van der Waals surface area (Å²) in [6.07, 6.45) is 1.92. The summed E-state index contributed by atoms with van der Waals surface area (Å²) in [5.41, 5.74) is 9.72. The van der Waals surface area contributed by atoms with Gasteiger partial charge in [0.25, 0.3) is 0 Å². The standard InChI is InChI=1S/C16H17FN4O/c1-2-12-15-13(20-16(18)19-12)7-10(8-14(15)21-22)9-3-5-11(17)6-4-9/h3-6,10,22H,2,7-8H2,1H3,(H2,18,19,20)/b21-14+. The lowest BCUT2D eigenvalue weighted by atomic mass is 9.80. The Morgan fingerprint density at radius 1 is 1.27 bits per heavy atom. The van der Waals surface area contributed by atoms with E-state index < -0.39 is 0 Å². The van der Waals surface area contributed by atoms with Gasteiger partial charge in [-0.15, -0.1) is 0 Å². The summed E-state index contributed by atoms with van der Waals surface area (Å²) in [4.78, 5) is 8.55. The van der Waals surface area contributed by atoms with Gasteiger partial charge in [0.15, 0.2) is 0 Å². The summed E-state index contributed by atoms with van der Waals surface area (Å²) >= 11 is 0. The lowest BCUT2D eigenvalue weighted by Crippen LogP contribution is -2.24. The molecule has 22 heavy (non-hydrogen) atoms. The van der Waals surface area contributed by atoms with Crippen molar-refractivity contribution in [3.63, 3.8) is 0 Å². The molecule has 6 heteroatoms. The smallest absolute Gasteiger partial charge is 0.220 e. The second kappa shape index (κ2) is 5.71. The Labute approximate surface area is 127 Å². The number of rotatable bonds is 2. The van der Waals surface area contributed by atoms with Gasteiger partial charge in [0, 0.05) is 12.0 Å². The van der Waals surface area contributed by atoms with Crippen LogP contribution in [-0.2, 0) is 12.8 Å². The number of nitrogens with zero attached hydrogens (tertiary/aromatic N) is 3. The van der Waals surface area contributed by atoms with E-state index in [9.17, 15) is 9.60 Å². The van der Waals surface area contributed by atoms with Crippen LogP contribution in [0.15, 0.2) is 29.4 Å². The molecule has 0 amide bonds. The highest BCUT2D eigenvalue weighted by atomic mass is 19.1. The van der Waals surface area contributed by atoms with Crippen LogP contribution in [0, 0.1) is 5.82 Å². The molecule has 0 spiro atoms. The topological polar surface area (TPSA) is 84.4 Å². The summed E-state index contributed by atoms with van der Waals surface area (Å²) in [5, 5.41) is 12.8. The summed E-state index contributed by atoms with van der Waals surface area (Å²) in [7, 11) is 0. The molecule has 0 bridgehead atoms. The highest BCUT2D eigenvalue weighted by Gasteiger charge is 2.29. The Morgan fingerprint density at radius 2 is 2.00 bits per heavy atom. The van der Waals surface area contributed by atoms with Gasteiger partial charge in [-0.1, -0.05) is 24.2 Å². The first-order chi connectivity index (χ1) is 10.6. The van der Waals surface area contributed by atoms with Crippen molar-refractivity contribution >= 4 is 11.7 Å². The molecule has 114 valence electrons. The van der Waals surface area contributed by atoms with Gasteiger partial charge >= 0.3 is 0 Å². The third-order valence-corrected chi connectivity index (χ3v) is 4.04. The Hall–Kier alpha value is -2.50. The van der Waals surface area contributed by atoms with Crippen molar-refractivity contribution in [2.45, 2.75) is 32.1 Å². The molecule has 1 aliphatic rings. The predicted molar refractivity (Wildman–Crippen MR) is 81.6 cm³/mol. The first-order valence-corrected chi connectivity index (χ1v) is 7.24. The largest absolute Gasteiger partial charge is 0.411 e. The van der Waals surface area contributed by atoms with E-state index in [1.165, 1.54) is 12.1 Å². The molecule has 0 saturated carbocycles. The number of nitrogens with two attached hydrogens (primary N) is 1. The number of hydrogen-bond donors (Lipinski definition) is 2. The van der Waals surface area contributed by atoms with Gasteiger partial charge in [-0.2, -0.15) is 0 Å². The average Bonchev–Trinajstić information content (AvgIpc) is 2.53. The maximum atomic E-state index is 13.1. The minimum Gasteiger partial charge on any atom is -0.411 e. The molecule has 0 radical (unpaired) electrons. The molecule has 0 fully saturated rings. The number of aryl methyl sites for hydroxylation is 1. The van der Waals surface area contributed by atoms with Gasteiger partial charge in [0.05, 0.1) is 17.1 Å². The van der Waals surface area contributed by atoms with Gasteiger partial charge in [0.1, 0.15) is 5.82 Å². The van der Waals surface area contributed by atoms with Crippen molar-refractivity contribution in [1.29, 1.82) is 0 Å². The number of anilines is 1. The van der Waals surface area contributed by atoms with Crippen molar-refractivity contribution in [1.82, 2.24) is 9.97 Å². The second-order valence-electron chi connectivity index (χ2n) is 5.41. The van der Waals surface area contributed by atoms with Crippen LogP contribution in [0.4, 0.5) is 10.3 Å². The van der Waals surface area contributed by atoms with Crippen molar-refractivity contribution < 1.29 is 9.60 Å². The van der Waals surface area contributed by atoms with E-state index >= 15 is 0 Å². The first kappa shape index (κ1) is 14.4. The molecule has 1 atom stereocenters. The van der Waals surface area contributed by atoms with Crippen LogP contribution in [0.2, 0.25) is 0 Å². The van der Waals surface area contributed by atoms with E-state index in [1.807, 2.05) is 6.92 Å². The number of benzene rings is 1. The number of nitrogen functional groups attached to an aromatic ring is 1. The molecule has 3 N–H and O–H groups in total. The molecule has 1 heterocycles. The number of hydrogen-bond acceptors (Lipinski definition) is 5. The molecular formula is C16H17FN4O. The molecule has 1 unspecified atom stereocenters. The summed E-state index contributed by atoms with van der Waals surface area (Å²) in [6.45, 7) is 1.98. The molecule has 2 aromatic rings. The molecule has 3 rings (SSSR count). The van der Waals surface area contributed by atoms with E-state index in [4.69, 9.17) is 5.73 Å². The van der Waals surface area contributed by atoms with Crippen LogP contribution in [0.3, 0.4) is 0 Å². The van der Waals surface area contributed by atoms with Crippen molar-refractivity contribution in [3.05, 3.63) is 52.6 Å². The van der Waals surface area contributed by atoms with Crippen LogP contribution < -0.4 is 5.73 Å². The molecule has 0 saturated heterocycles. The van der Waals surface area contributed by atoms with Gasteiger partial charge in [-0.3, -0.25) is 0 Å². The van der Waals surface area contributed by atoms with Gasteiger partial charge < -0.3 is 10.9 Å². The van der Waals surface area contributed by atoms with E-state index in [-0.39, 0.29) is 17.7 Å². The third kappa shape index (κ3) is 2.52. The van der Waals surface area contributed by atoms with Crippen LogP contribution in [0.5, 0.6) is 0 Å². The number of fused-ring (bicyclic) bond motifs is 1.